The van der Waals surface area contributed by atoms with Crippen LogP contribution < -0.4 is 25.6 Å². The number of hydrogen-bond acceptors (Lipinski definition) is 10. The number of morpholine rings is 1. The average Bonchev–Trinajstić information content (AvgIpc) is 3.65. The Bertz CT molecular complexity index is 1700. The number of rotatable bonds is 19. The van der Waals surface area contributed by atoms with Gasteiger partial charge in [0, 0.05) is 24.3 Å². The summed E-state index contributed by atoms with van der Waals surface area (Å²) >= 11 is 0. The number of hydrogen-bond donors (Lipinski definition) is 4. The van der Waals surface area contributed by atoms with Crippen LogP contribution in [0.2, 0.25) is 0 Å². The second kappa shape index (κ2) is 19.2. The van der Waals surface area contributed by atoms with E-state index in [1.165, 1.54) is 30.3 Å². The van der Waals surface area contributed by atoms with Crippen molar-refractivity contribution in [2.45, 2.75) is 58.9 Å². The highest BCUT2D eigenvalue weighted by atomic mass is 31.2. The zero-order valence-corrected chi connectivity index (χ0v) is 30.5. The van der Waals surface area contributed by atoms with Crippen LogP contribution in [-0.4, -0.2) is 84.7 Å². The molecule has 0 spiro atoms. The SMILES string of the molecule is CCCCCC(C(=O)NCNC(=O)c1ccc(-c2cc(OCC)cc(P(=O)(O)O)c2)o1)[C@@H](CC)N(C=O)OC(=O)c1ccc(N2CCOCC2)cc1. The topological polar surface area (TPSA) is 197 Å². The second-order valence-corrected chi connectivity index (χ2v) is 13.8. The molecule has 16 heteroatoms. The lowest BCUT2D eigenvalue weighted by molar-refractivity contribution is -0.171. The number of carbonyl (C=O) groups is 4. The van der Waals surface area contributed by atoms with Crippen molar-refractivity contribution in [2.75, 3.05) is 44.5 Å². The van der Waals surface area contributed by atoms with E-state index >= 15 is 0 Å². The minimum absolute atomic E-state index is 0.105. The first-order chi connectivity index (χ1) is 25.0. The summed E-state index contributed by atoms with van der Waals surface area (Å²) in [5.74, 6) is -2.30. The van der Waals surface area contributed by atoms with Crippen molar-refractivity contribution < 1.29 is 52.3 Å². The molecule has 4 N–H and O–H groups in total. The van der Waals surface area contributed by atoms with Gasteiger partial charge in [-0.1, -0.05) is 33.1 Å². The van der Waals surface area contributed by atoms with Crippen LogP contribution in [0.3, 0.4) is 0 Å². The van der Waals surface area contributed by atoms with Crippen LogP contribution in [0, 0.1) is 5.92 Å². The maximum Gasteiger partial charge on any atom is 0.363 e. The van der Waals surface area contributed by atoms with E-state index < -0.39 is 37.3 Å². The highest BCUT2D eigenvalue weighted by Crippen LogP contribution is 2.37. The highest BCUT2D eigenvalue weighted by molar-refractivity contribution is 7.60. The van der Waals surface area contributed by atoms with Gasteiger partial charge in [0.15, 0.2) is 5.76 Å². The fourth-order valence-corrected chi connectivity index (χ4v) is 6.49. The largest absolute Gasteiger partial charge is 0.494 e. The van der Waals surface area contributed by atoms with Crippen molar-refractivity contribution >= 4 is 42.8 Å². The number of hydroxylamine groups is 2. The molecule has 1 fully saturated rings. The van der Waals surface area contributed by atoms with Crippen molar-refractivity contribution in [3.05, 3.63) is 65.9 Å². The summed E-state index contributed by atoms with van der Waals surface area (Å²) in [7, 11) is -4.61. The Balaban J connectivity index is 1.39. The smallest absolute Gasteiger partial charge is 0.363 e. The molecule has 282 valence electrons. The molecule has 1 aliphatic rings. The Kier molecular flexibility index (Phi) is 14.8. The van der Waals surface area contributed by atoms with Crippen molar-refractivity contribution in [3.63, 3.8) is 0 Å². The van der Waals surface area contributed by atoms with E-state index in [9.17, 15) is 33.5 Å². The van der Waals surface area contributed by atoms with Crippen LogP contribution in [0.25, 0.3) is 11.3 Å². The monoisotopic (exact) mass is 742 g/mol. The third kappa shape index (κ3) is 10.9. The number of benzene rings is 2. The maximum atomic E-state index is 13.5. The van der Waals surface area contributed by atoms with E-state index in [2.05, 4.69) is 15.5 Å². The molecule has 0 bridgehead atoms. The van der Waals surface area contributed by atoms with Gasteiger partial charge in [-0.05, 0) is 74.4 Å². The Morgan fingerprint density at radius 2 is 1.73 bits per heavy atom. The number of unbranched alkanes of at least 4 members (excludes halogenated alkanes) is 2. The molecule has 2 aromatic carbocycles. The van der Waals surface area contributed by atoms with E-state index in [1.807, 2.05) is 19.1 Å². The second-order valence-electron chi connectivity index (χ2n) is 12.1. The molecule has 2 atom stereocenters. The number of ether oxygens (including phenoxy) is 2. The molecule has 15 nitrogen and oxygen atoms in total. The predicted octanol–water partition coefficient (Wildman–Crippen LogP) is 3.99. The first-order valence-electron chi connectivity index (χ1n) is 17.4. The Morgan fingerprint density at radius 1 is 1.00 bits per heavy atom. The zero-order chi connectivity index (χ0) is 37.7. The minimum Gasteiger partial charge on any atom is -0.494 e. The Hall–Kier alpha value is -4.69. The first-order valence-corrected chi connectivity index (χ1v) is 19.0. The lowest BCUT2D eigenvalue weighted by atomic mass is 9.90. The third-order valence-electron chi connectivity index (χ3n) is 8.60. The lowest BCUT2D eigenvalue weighted by Crippen LogP contribution is -2.49. The molecule has 3 amide bonds. The molecule has 1 aliphatic heterocycles. The standard InChI is InChI=1S/C36H47N4O11P/c1-4-7-8-9-30(31(5-2)40(24-41)51-36(44)25-10-12-27(13-11-25)39-16-18-48-19-17-39)34(42)37-23-38-35(43)33-15-14-32(50-33)26-20-28(49-6-3)22-29(21-26)52(45,46)47/h10-15,20-22,24,30-31H,4-9,16-19,23H2,1-3H3,(H,37,42)(H,38,43)(H2,45,46,47)/t30?,31-/m1/s1. The highest BCUT2D eigenvalue weighted by Gasteiger charge is 2.34. The summed E-state index contributed by atoms with van der Waals surface area (Å²) in [5, 5.41) is 5.90. The molecule has 0 saturated carbocycles. The summed E-state index contributed by atoms with van der Waals surface area (Å²) in [5.41, 5.74) is 1.48. The predicted molar refractivity (Wildman–Crippen MR) is 192 cm³/mol. The van der Waals surface area contributed by atoms with Gasteiger partial charge in [0.1, 0.15) is 11.5 Å². The summed E-state index contributed by atoms with van der Waals surface area (Å²) < 4.78 is 28.4. The van der Waals surface area contributed by atoms with Crippen molar-refractivity contribution in [1.29, 1.82) is 0 Å². The number of anilines is 1. The number of nitrogens with one attached hydrogen (secondary N) is 2. The van der Waals surface area contributed by atoms with Crippen LogP contribution in [0.15, 0.2) is 59.0 Å². The van der Waals surface area contributed by atoms with Gasteiger partial charge in [-0.25, -0.2) is 4.79 Å². The number of furan rings is 1. The van der Waals surface area contributed by atoms with E-state index in [4.69, 9.17) is 18.7 Å². The molecule has 52 heavy (non-hydrogen) atoms. The molecule has 3 aromatic rings. The van der Waals surface area contributed by atoms with Gasteiger partial charge in [0.25, 0.3) is 5.91 Å². The number of nitrogens with zero attached hydrogens (tertiary/aromatic N) is 2. The maximum absolute atomic E-state index is 13.5. The number of amides is 3. The summed E-state index contributed by atoms with van der Waals surface area (Å²) in [6.45, 7) is 8.27. The van der Waals surface area contributed by atoms with Gasteiger partial charge in [0.2, 0.25) is 12.3 Å². The number of carbonyl (C=O) groups excluding carboxylic acids is 4. The minimum atomic E-state index is -4.61. The van der Waals surface area contributed by atoms with Crippen LogP contribution in [0.5, 0.6) is 5.75 Å². The van der Waals surface area contributed by atoms with E-state index in [-0.39, 0.29) is 41.4 Å². The molecule has 4 rings (SSSR count). The summed E-state index contributed by atoms with van der Waals surface area (Å²) in [6.07, 6.45) is 3.54. The molecule has 0 aliphatic carbocycles. The summed E-state index contributed by atoms with van der Waals surface area (Å²) in [6, 6.07) is 13.0. The van der Waals surface area contributed by atoms with Gasteiger partial charge in [-0.2, -0.15) is 5.06 Å². The Labute approximate surface area is 302 Å². The van der Waals surface area contributed by atoms with Crippen LogP contribution in [-0.2, 0) is 23.7 Å². The third-order valence-corrected chi connectivity index (χ3v) is 9.53. The van der Waals surface area contributed by atoms with Gasteiger partial charge >= 0.3 is 13.6 Å². The molecule has 0 radical (unpaired) electrons. The lowest BCUT2D eigenvalue weighted by Gasteiger charge is -2.32. The molecule has 1 saturated heterocycles. The van der Waals surface area contributed by atoms with Gasteiger partial charge in [-0.3, -0.25) is 18.9 Å². The van der Waals surface area contributed by atoms with Crippen LogP contribution in [0.1, 0.15) is 73.8 Å². The zero-order valence-electron chi connectivity index (χ0n) is 29.6. The molecular formula is C36H47N4O11P. The first kappa shape index (κ1) is 40.1. The normalized spacial score (nSPS) is 14.2. The van der Waals surface area contributed by atoms with Gasteiger partial charge in [0.05, 0.1) is 49.3 Å². The van der Waals surface area contributed by atoms with Crippen LogP contribution >= 0.6 is 7.60 Å². The Morgan fingerprint density at radius 3 is 2.37 bits per heavy atom. The van der Waals surface area contributed by atoms with E-state index in [0.29, 0.717) is 44.4 Å². The molecular weight excluding hydrogens is 695 g/mol. The van der Waals surface area contributed by atoms with E-state index in [1.54, 1.807) is 26.0 Å². The fourth-order valence-electron chi connectivity index (χ4n) is 5.89. The van der Waals surface area contributed by atoms with Crippen molar-refractivity contribution in [3.8, 4) is 17.1 Å². The summed E-state index contributed by atoms with van der Waals surface area (Å²) in [4.78, 5) is 78.9. The van der Waals surface area contributed by atoms with Gasteiger partial charge < -0.3 is 44.0 Å². The van der Waals surface area contributed by atoms with Gasteiger partial charge in [-0.15, -0.1) is 0 Å². The molecule has 2 heterocycles. The average molecular weight is 743 g/mol. The molecule has 1 aromatic heterocycles. The van der Waals surface area contributed by atoms with E-state index in [0.717, 1.165) is 36.7 Å². The quantitative estimate of drug-likeness (QED) is 0.0454. The van der Waals surface area contributed by atoms with Crippen molar-refractivity contribution in [2.24, 2.45) is 5.92 Å². The molecule has 1 unspecified atom stereocenters. The van der Waals surface area contributed by atoms with Crippen LogP contribution in [0.4, 0.5) is 5.69 Å². The fraction of sp³-hybridized carbons (Fsp3) is 0.444. The van der Waals surface area contributed by atoms with Crippen molar-refractivity contribution in [1.82, 2.24) is 15.7 Å².